The summed E-state index contributed by atoms with van der Waals surface area (Å²) in [5.74, 6) is 0.858. The Hall–Kier alpha value is -0.840. The highest BCUT2D eigenvalue weighted by Gasteiger charge is 2.12. The topological polar surface area (TPSA) is 46.9 Å². The predicted octanol–water partition coefficient (Wildman–Crippen LogP) is 1.61. The minimum atomic E-state index is -0.0916. The summed E-state index contributed by atoms with van der Waals surface area (Å²) in [6, 6.07) is 0.215. The van der Waals surface area contributed by atoms with E-state index in [0.717, 1.165) is 5.33 Å². The third-order valence-corrected chi connectivity index (χ3v) is 3.50. The van der Waals surface area contributed by atoms with Gasteiger partial charge in [-0.15, -0.1) is 0 Å². The van der Waals surface area contributed by atoms with Crippen molar-refractivity contribution in [1.82, 2.24) is 9.55 Å². The van der Waals surface area contributed by atoms with Gasteiger partial charge in [-0.2, -0.15) is 0 Å². The number of nitrogens with one attached hydrogen (secondary N) is 1. The molecule has 0 aliphatic heterocycles. The van der Waals surface area contributed by atoms with Gasteiger partial charge in [0.1, 0.15) is 0 Å². The van der Waals surface area contributed by atoms with E-state index in [2.05, 4.69) is 33.2 Å². The summed E-state index contributed by atoms with van der Waals surface area (Å²) in [7, 11) is 1.72. The Kier molecular flexibility index (Phi) is 4.32. The molecular formula is C10H16BrN3O. The molecule has 1 heterocycles. The predicted molar refractivity (Wildman–Crippen MR) is 65.5 cm³/mol. The van der Waals surface area contributed by atoms with Gasteiger partial charge in [-0.25, -0.2) is 4.98 Å². The molecule has 0 amide bonds. The number of rotatable bonds is 4. The minimum absolute atomic E-state index is 0.0916. The van der Waals surface area contributed by atoms with E-state index in [9.17, 15) is 4.79 Å². The van der Waals surface area contributed by atoms with Crippen molar-refractivity contribution < 1.29 is 0 Å². The van der Waals surface area contributed by atoms with E-state index < -0.39 is 0 Å². The van der Waals surface area contributed by atoms with E-state index in [-0.39, 0.29) is 11.6 Å². The molecule has 0 saturated heterocycles. The first-order valence-electron chi connectivity index (χ1n) is 4.90. The third kappa shape index (κ3) is 3.06. The lowest BCUT2D eigenvalue weighted by molar-refractivity contribution is 0.569. The second-order valence-corrected chi connectivity index (χ2v) is 4.40. The fourth-order valence-electron chi connectivity index (χ4n) is 1.09. The summed E-state index contributed by atoms with van der Waals surface area (Å²) in [4.78, 5) is 15.7. The highest BCUT2D eigenvalue weighted by molar-refractivity contribution is 9.09. The molecule has 0 radical (unpaired) electrons. The van der Waals surface area contributed by atoms with E-state index >= 15 is 0 Å². The van der Waals surface area contributed by atoms with Crippen LogP contribution in [0.15, 0.2) is 17.2 Å². The molecule has 84 valence electrons. The van der Waals surface area contributed by atoms with Gasteiger partial charge in [0.15, 0.2) is 5.82 Å². The Labute approximate surface area is 97.8 Å². The van der Waals surface area contributed by atoms with E-state index in [0.29, 0.717) is 11.7 Å². The molecule has 0 fully saturated rings. The lowest BCUT2D eigenvalue weighted by Gasteiger charge is -2.19. The normalized spacial score (nSPS) is 14.7. The molecule has 0 aliphatic rings. The molecule has 1 aromatic rings. The number of hydrogen-bond donors (Lipinski definition) is 1. The van der Waals surface area contributed by atoms with Gasteiger partial charge in [0.25, 0.3) is 5.56 Å². The van der Waals surface area contributed by atoms with Gasteiger partial charge in [0.05, 0.1) is 0 Å². The molecule has 0 saturated carbocycles. The summed E-state index contributed by atoms with van der Waals surface area (Å²) in [5.41, 5.74) is -0.0916. The van der Waals surface area contributed by atoms with Crippen LogP contribution in [0.1, 0.15) is 13.8 Å². The van der Waals surface area contributed by atoms with Gasteiger partial charge < -0.3 is 9.88 Å². The molecular weight excluding hydrogens is 258 g/mol. The van der Waals surface area contributed by atoms with Crippen LogP contribution >= 0.6 is 15.9 Å². The molecule has 0 aromatic carbocycles. The largest absolute Gasteiger partial charge is 0.363 e. The zero-order valence-electron chi connectivity index (χ0n) is 9.20. The second-order valence-electron chi connectivity index (χ2n) is 3.76. The maximum absolute atomic E-state index is 11.6. The van der Waals surface area contributed by atoms with Crippen LogP contribution < -0.4 is 10.9 Å². The average Bonchev–Trinajstić information content (AvgIpc) is 2.23. The molecule has 0 spiro atoms. The van der Waals surface area contributed by atoms with Gasteiger partial charge >= 0.3 is 0 Å². The van der Waals surface area contributed by atoms with Gasteiger partial charge in [0.2, 0.25) is 0 Å². The minimum Gasteiger partial charge on any atom is -0.363 e. The molecule has 0 aliphatic carbocycles. The van der Waals surface area contributed by atoms with Crippen molar-refractivity contribution in [1.29, 1.82) is 0 Å². The highest BCUT2D eigenvalue weighted by Crippen LogP contribution is 2.09. The maximum Gasteiger partial charge on any atom is 0.293 e. The van der Waals surface area contributed by atoms with Crippen LogP contribution in [0.2, 0.25) is 0 Å². The number of aryl methyl sites for hydroxylation is 1. The number of hydrogen-bond acceptors (Lipinski definition) is 3. The van der Waals surface area contributed by atoms with Crippen molar-refractivity contribution in [3.05, 3.63) is 22.7 Å². The zero-order valence-corrected chi connectivity index (χ0v) is 10.8. The lowest BCUT2D eigenvalue weighted by Crippen LogP contribution is -2.30. The van der Waals surface area contributed by atoms with Crippen LogP contribution in [0.3, 0.4) is 0 Å². The smallest absolute Gasteiger partial charge is 0.293 e. The van der Waals surface area contributed by atoms with Crippen LogP contribution in [-0.2, 0) is 7.05 Å². The SMILES string of the molecule is CC(CBr)C(C)Nc1nccn(C)c1=O. The highest BCUT2D eigenvalue weighted by atomic mass is 79.9. The first-order valence-corrected chi connectivity index (χ1v) is 6.02. The Balaban J connectivity index is 2.81. The summed E-state index contributed by atoms with van der Waals surface area (Å²) in [5, 5.41) is 4.02. The van der Waals surface area contributed by atoms with Crippen LogP contribution in [0.4, 0.5) is 5.82 Å². The summed E-state index contributed by atoms with van der Waals surface area (Å²) >= 11 is 3.42. The van der Waals surface area contributed by atoms with Gasteiger partial charge in [-0.3, -0.25) is 4.79 Å². The van der Waals surface area contributed by atoms with E-state index in [4.69, 9.17) is 0 Å². The first-order chi connectivity index (χ1) is 7.06. The maximum atomic E-state index is 11.6. The molecule has 1 rings (SSSR count). The first kappa shape index (κ1) is 12.2. The van der Waals surface area contributed by atoms with Crippen LogP contribution in [0.25, 0.3) is 0 Å². The Bertz CT molecular complexity index is 377. The van der Waals surface area contributed by atoms with Crippen LogP contribution in [0, 0.1) is 5.92 Å². The van der Waals surface area contributed by atoms with E-state index in [1.54, 1.807) is 19.4 Å². The summed E-state index contributed by atoms with van der Waals surface area (Å²) in [6.07, 6.45) is 3.27. The van der Waals surface area contributed by atoms with Crippen molar-refractivity contribution in [3.8, 4) is 0 Å². The summed E-state index contributed by atoms with van der Waals surface area (Å²) < 4.78 is 1.51. The van der Waals surface area contributed by atoms with Crippen molar-refractivity contribution in [2.24, 2.45) is 13.0 Å². The fourth-order valence-corrected chi connectivity index (χ4v) is 1.65. The van der Waals surface area contributed by atoms with E-state index in [1.165, 1.54) is 4.57 Å². The molecule has 0 bridgehead atoms. The molecule has 2 unspecified atom stereocenters. The molecule has 5 heteroatoms. The molecule has 1 N–H and O–H groups in total. The van der Waals surface area contributed by atoms with Gasteiger partial charge in [-0.05, 0) is 12.8 Å². The Morgan fingerprint density at radius 1 is 1.60 bits per heavy atom. The number of aromatic nitrogens is 2. The molecule has 4 nitrogen and oxygen atoms in total. The third-order valence-electron chi connectivity index (χ3n) is 2.48. The number of halogens is 1. The Morgan fingerprint density at radius 3 is 2.87 bits per heavy atom. The van der Waals surface area contributed by atoms with Crippen molar-refractivity contribution >= 4 is 21.7 Å². The van der Waals surface area contributed by atoms with Gasteiger partial charge in [0, 0.05) is 30.8 Å². The number of alkyl halides is 1. The number of anilines is 1. The van der Waals surface area contributed by atoms with E-state index in [1.807, 2.05) is 6.92 Å². The lowest BCUT2D eigenvalue weighted by atomic mass is 10.1. The van der Waals surface area contributed by atoms with Crippen LogP contribution in [-0.4, -0.2) is 20.9 Å². The molecule has 15 heavy (non-hydrogen) atoms. The summed E-state index contributed by atoms with van der Waals surface area (Å²) in [6.45, 7) is 4.15. The zero-order chi connectivity index (χ0) is 11.4. The molecule has 1 aromatic heterocycles. The molecule has 2 atom stereocenters. The monoisotopic (exact) mass is 273 g/mol. The van der Waals surface area contributed by atoms with Crippen LogP contribution in [0.5, 0.6) is 0 Å². The standard InChI is InChI=1S/C10H16BrN3O/c1-7(6-11)8(2)13-9-10(15)14(3)5-4-12-9/h4-5,7-8H,6H2,1-3H3,(H,12,13). The quantitative estimate of drug-likeness (QED) is 0.848. The number of nitrogens with zero attached hydrogens (tertiary/aromatic N) is 2. The van der Waals surface area contributed by atoms with Crippen molar-refractivity contribution in [2.45, 2.75) is 19.9 Å². The van der Waals surface area contributed by atoms with Crippen molar-refractivity contribution in [3.63, 3.8) is 0 Å². The fraction of sp³-hybridized carbons (Fsp3) is 0.600. The van der Waals surface area contributed by atoms with Crippen molar-refractivity contribution in [2.75, 3.05) is 10.6 Å². The van der Waals surface area contributed by atoms with Gasteiger partial charge in [-0.1, -0.05) is 22.9 Å². The average molecular weight is 274 g/mol. The second kappa shape index (κ2) is 5.30. The Morgan fingerprint density at radius 2 is 2.27 bits per heavy atom.